The van der Waals surface area contributed by atoms with Gasteiger partial charge in [-0.15, -0.1) is 0 Å². The molecule has 4 fully saturated rings. The summed E-state index contributed by atoms with van der Waals surface area (Å²) >= 11 is 0. The molecule has 4 saturated carbocycles. The molecule has 4 aliphatic rings. The summed E-state index contributed by atoms with van der Waals surface area (Å²) in [5.41, 5.74) is -3.96. The Morgan fingerprint density at radius 3 is 2.28 bits per heavy atom. The van der Waals surface area contributed by atoms with E-state index in [1.165, 1.54) is 0 Å². The molecule has 0 radical (unpaired) electrons. The Bertz CT molecular complexity index is 804. The van der Waals surface area contributed by atoms with Crippen LogP contribution >= 0.6 is 0 Å². The lowest BCUT2D eigenvalue weighted by molar-refractivity contribution is -0.276. The fraction of sp³-hybridized carbons (Fsp3) is 0.833. The van der Waals surface area contributed by atoms with E-state index < -0.39 is 27.8 Å². The first-order chi connectivity index (χ1) is 13.4. The van der Waals surface area contributed by atoms with Crippen molar-refractivity contribution in [1.82, 2.24) is 0 Å². The van der Waals surface area contributed by atoms with E-state index in [4.69, 9.17) is 4.42 Å². The Labute approximate surface area is 173 Å². The molecule has 5 heteroatoms. The Balaban J connectivity index is 1.54. The van der Waals surface area contributed by atoms with E-state index in [0.29, 0.717) is 38.5 Å². The molecule has 0 bridgehead atoms. The van der Waals surface area contributed by atoms with Gasteiger partial charge in [0.1, 0.15) is 5.60 Å². The smallest absolute Gasteiger partial charge is 0.101 e. The van der Waals surface area contributed by atoms with Crippen LogP contribution in [0.4, 0.5) is 0 Å². The van der Waals surface area contributed by atoms with Crippen molar-refractivity contribution in [2.75, 3.05) is 0 Å². The summed E-state index contributed by atoms with van der Waals surface area (Å²) in [7, 11) is 0. The second kappa shape index (κ2) is 5.67. The number of aliphatic hydroxyl groups is 4. The fourth-order valence-corrected chi connectivity index (χ4v) is 8.42. The van der Waals surface area contributed by atoms with Crippen molar-refractivity contribution < 1.29 is 24.8 Å². The standard InChI is InChI=1S/C24H36O5/c1-19(25)9-10-20(2)17-4-7-21(3)23(27,16-6-13-29-14-16)11-12-24(21,28)18(17)5-8-22(20,26)15-19/h6,13-14,17-18,25-28H,4-5,7-12,15H2,1-3H3/t17-,18+,19-,20+,21+,22-,23+,24-/m0/s1. The monoisotopic (exact) mass is 404 g/mol. The number of rotatable bonds is 1. The van der Waals surface area contributed by atoms with E-state index in [0.717, 1.165) is 24.8 Å². The average Bonchev–Trinajstić information content (AvgIpc) is 3.24. The van der Waals surface area contributed by atoms with E-state index in [1.54, 1.807) is 12.5 Å². The van der Waals surface area contributed by atoms with Gasteiger partial charge in [0.2, 0.25) is 0 Å². The van der Waals surface area contributed by atoms with Crippen molar-refractivity contribution in [3.8, 4) is 0 Å². The van der Waals surface area contributed by atoms with Gasteiger partial charge in [0.15, 0.2) is 0 Å². The maximum absolute atomic E-state index is 12.2. The normalized spacial score (nSPS) is 57.1. The largest absolute Gasteiger partial charge is 0.472 e. The molecule has 4 N–H and O–H groups in total. The van der Waals surface area contributed by atoms with E-state index in [-0.39, 0.29) is 17.3 Å². The molecule has 0 aliphatic heterocycles. The topological polar surface area (TPSA) is 94.1 Å². The lowest BCUT2D eigenvalue weighted by Crippen LogP contribution is -2.69. The van der Waals surface area contributed by atoms with E-state index in [9.17, 15) is 20.4 Å². The first-order valence-electron chi connectivity index (χ1n) is 11.3. The number of hydrogen-bond donors (Lipinski definition) is 4. The van der Waals surface area contributed by atoms with Crippen LogP contribution in [0.3, 0.4) is 0 Å². The van der Waals surface area contributed by atoms with E-state index in [1.807, 2.05) is 13.0 Å². The predicted octanol–water partition coefficient (Wildman–Crippen LogP) is 3.49. The van der Waals surface area contributed by atoms with Gasteiger partial charge in [0.25, 0.3) is 0 Å². The van der Waals surface area contributed by atoms with Gasteiger partial charge in [-0.2, -0.15) is 0 Å². The molecular weight excluding hydrogens is 368 g/mol. The van der Waals surface area contributed by atoms with Gasteiger partial charge < -0.3 is 24.8 Å². The van der Waals surface area contributed by atoms with Crippen molar-refractivity contribution in [3.05, 3.63) is 24.2 Å². The van der Waals surface area contributed by atoms with Crippen LogP contribution in [0.15, 0.2) is 23.0 Å². The zero-order valence-corrected chi connectivity index (χ0v) is 17.9. The first kappa shape index (κ1) is 20.0. The molecule has 5 rings (SSSR count). The molecule has 0 spiro atoms. The summed E-state index contributed by atoms with van der Waals surface area (Å²) in [5, 5.41) is 46.3. The van der Waals surface area contributed by atoms with Crippen molar-refractivity contribution in [2.24, 2.45) is 22.7 Å². The van der Waals surface area contributed by atoms with E-state index in [2.05, 4.69) is 13.8 Å². The molecule has 0 saturated heterocycles. The van der Waals surface area contributed by atoms with Gasteiger partial charge in [-0.05, 0) is 81.6 Å². The zero-order chi connectivity index (χ0) is 20.9. The van der Waals surface area contributed by atoms with Crippen LogP contribution in [-0.4, -0.2) is 37.2 Å². The average molecular weight is 405 g/mol. The molecule has 1 aromatic rings. The molecule has 0 unspecified atom stereocenters. The van der Waals surface area contributed by atoms with Crippen molar-refractivity contribution in [1.29, 1.82) is 0 Å². The van der Waals surface area contributed by atoms with Crippen LogP contribution in [0, 0.1) is 22.7 Å². The molecule has 29 heavy (non-hydrogen) atoms. The minimum absolute atomic E-state index is 0.0514. The maximum Gasteiger partial charge on any atom is 0.101 e. The molecule has 0 aromatic carbocycles. The van der Waals surface area contributed by atoms with Crippen LogP contribution in [0.5, 0.6) is 0 Å². The minimum atomic E-state index is -1.09. The van der Waals surface area contributed by atoms with Crippen LogP contribution in [0.25, 0.3) is 0 Å². The summed E-state index contributed by atoms with van der Waals surface area (Å²) in [5.74, 6) is 0.248. The molecule has 5 nitrogen and oxygen atoms in total. The third-order valence-electron chi connectivity index (χ3n) is 10.4. The molecule has 162 valence electrons. The molecule has 1 heterocycles. The highest BCUT2D eigenvalue weighted by Crippen LogP contribution is 2.72. The molecule has 1 aromatic heterocycles. The summed E-state index contributed by atoms with van der Waals surface area (Å²) in [6.45, 7) is 6.07. The van der Waals surface area contributed by atoms with Crippen molar-refractivity contribution in [2.45, 2.75) is 101 Å². The van der Waals surface area contributed by atoms with E-state index >= 15 is 0 Å². The van der Waals surface area contributed by atoms with Gasteiger partial charge >= 0.3 is 0 Å². The summed E-state index contributed by atoms with van der Waals surface area (Å²) in [6, 6.07) is 1.83. The Kier molecular flexibility index (Phi) is 3.92. The quantitative estimate of drug-likeness (QED) is 0.575. The predicted molar refractivity (Wildman–Crippen MR) is 108 cm³/mol. The highest BCUT2D eigenvalue weighted by molar-refractivity contribution is 5.31. The number of fused-ring (bicyclic) bond motifs is 5. The van der Waals surface area contributed by atoms with Crippen LogP contribution in [-0.2, 0) is 5.60 Å². The van der Waals surface area contributed by atoms with Crippen molar-refractivity contribution in [3.63, 3.8) is 0 Å². The maximum atomic E-state index is 12.2. The number of furan rings is 1. The Morgan fingerprint density at radius 2 is 1.59 bits per heavy atom. The molecular formula is C24H36O5. The number of hydrogen-bond acceptors (Lipinski definition) is 5. The first-order valence-corrected chi connectivity index (χ1v) is 11.3. The third kappa shape index (κ3) is 2.25. The van der Waals surface area contributed by atoms with Gasteiger partial charge in [-0.1, -0.05) is 13.8 Å². The third-order valence-corrected chi connectivity index (χ3v) is 10.4. The molecule has 0 amide bonds. The second-order valence-corrected chi connectivity index (χ2v) is 11.5. The zero-order valence-electron chi connectivity index (χ0n) is 17.9. The SMILES string of the molecule is C[C@]1(O)CC[C@]2(C)[C@H]3CC[C@]4(C)[C@](O)(c5ccoc5)CC[C@]4(O)[C@@H]3CC[C@]2(O)C1. The molecule has 8 atom stereocenters. The van der Waals surface area contributed by atoms with Gasteiger partial charge in [0.05, 0.1) is 29.3 Å². The lowest BCUT2D eigenvalue weighted by Gasteiger charge is -2.67. The molecule has 4 aliphatic carbocycles. The van der Waals surface area contributed by atoms with Crippen molar-refractivity contribution >= 4 is 0 Å². The lowest BCUT2D eigenvalue weighted by atomic mass is 9.41. The van der Waals surface area contributed by atoms with Crippen LogP contribution < -0.4 is 0 Å². The Hall–Kier alpha value is -0.880. The van der Waals surface area contributed by atoms with Gasteiger partial charge in [0, 0.05) is 17.4 Å². The second-order valence-electron chi connectivity index (χ2n) is 11.5. The van der Waals surface area contributed by atoms with Gasteiger partial charge in [-0.3, -0.25) is 0 Å². The van der Waals surface area contributed by atoms with Crippen LogP contribution in [0.2, 0.25) is 0 Å². The summed E-state index contributed by atoms with van der Waals surface area (Å²) < 4.78 is 5.28. The minimum Gasteiger partial charge on any atom is -0.472 e. The highest BCUT2D eigenvalue weighted by atomic mass is 16.3. The highest BCUT2D eigenvalue weighted by Gasteiger charge is 2.74. The van der Waals surface area contributed by atoms with Gasteiger partial charge in [-0.25, -0.2) is 0 Å². The fourth-order valence-electron chi connectivity index (χ4n) is 8.42. The summed E-state index contributed by atoms with van der Waals surface area (Å²) in [4.78, 5) is 0. The van der Waals surface area contributed by atoms with Crippen LogP contribution in [0.1, 0.15) is 84.1 Å². The summed E-state index contributed by atoms with van der Waals surface area (Å²) in [6.07, 6.45) is 9.11. The Morgan fingerprint density at radius 1 is 0.862 bits per heavy atom.